The quantitative estimate of drug-likeness (QED) is 0.927. The summed E-state index contributed by atoms with van der Waals surface area (Å²) < 4.78 is 1.94. The predicted octanol–water partition coefficient (Wildman–Crippen LogP) is 2.35. The van der Waals surface area contributed by atoms with Crippen LogP contribution in [0.25, 0.3) is 11.5 Å². The van der Waals surface area contributed by atoms with Gasteiger partial charge in [0.05, 0.1) is 0 Å². The average Bonchev–Trinajstić information content (AvgIpc) is 2.96. The molecule has 0 bridgehead atoms. The Kier molecular flexibility index (Phi) is 3.78. The van der Waals surface area contributed by atoms with Gasteiger partial charge in [-0.25, -0.2) is 9.97 Å². The SMILES string of the molecule is CCNC1CCCc2nc(-c3ccnn3CC)ncc21. The van der Waals surface area contributed by atoms with E-state index in [2.05, 4.69) is 29.2 Å². The van der Waals surface area contributed by atoms with Gasteiger partial charge in [0.25, 0.3) is 0 Å². The minimum Gasteiger partial charge on any atom is -0.310 e. The molecule has 5 heteroatoms. The van der Waals surface area contributed by atoms with Gasteiger partial charge in [0, 0.05) is 36.2 Å². The van der Waals surface area contributed by atoms with E-state index < -0.39 is 0 Å². The van der Waals surface area contributed by atoms with E-state index in [1.54, 1.807) is 0 Å². The third-order valence-electron chi connectivity index (χ3n) is 3.88. The molecule has 106 valence electrons. The zero-order valence-electron chi connectivity index (χ0n) is 12.1. The van der Waals surface area contributed by atoms with E-state index in [4.69, 9.17) is 4.98 Å². The molecule has 0 aliphatic heterocycles. The van der Waals surface area contributed by atoms with E-state index in [9.17, 15) is 0 Å². The molecule has 1 aliphatic rings. The van der Waals surface area contributed by atoms with E-state index in [0.29, 0.717) is 6.04 Å². The molecular weight excluding hydrogens is 250 g/mol. The molecule has 1 unspecified atom stereocenters. The number of aryl methyl sites for hydroxylation is 2. The minimum atomic E-state index is 0.411. The van der Waals surface area contributed by atoms with Gasteiger partial charge in [0.15, 0.2) is 5.82 Å². The Labute approximate surface area is 119 Å². The van der Waals surface area contributed by atoms with Crippen LogP contribution in [-0.2, 0) is 13.0 Å². The summed E-state index contributed by atoms with van der Waals surface area (Å²) in [5.41, 5.74) is 3.46. The lowest BCUT2D eigenvalue weighted by Gasteiger charge is -2.25. The molecule has 20 heavy (non-hydrogen) atoms. The number of nitrogens with zero attached hydrogens (tertiary/aromatic N) is 4. The first kappa shape index (κ1) is 13.2. The predicted molar refractivity (Wildman–Crippen MR) is 78.3 cm³/mol. The van der Waals surface area contributed by atoms with Crippen molar-refractivity contribution in [2.75, 3.05) is 6.54 Å². The average molecular weight is 271 g/mol. The van der Waals surface area contributed by atoms with Crippen LogP contribution >= 0.6 is 0 Å². The van der Waals surface area contributed by atoms with Gasteiger partial charge in [-0.2, -0.15) is 5.10 Å². The largest absolute Gasteiger partial charge is 0.310 e. The van der Waals surface area contributed by atoms with E-state index in [0.717, 1.165) is 31.0 Å². The van der Waals surface area contributed by atoms with Crippen molar-refractivity contribution in [3.05, 3.63) is 29.7 Å². The molecule has 2 aromatic rings. The molecule has 5 nitrogen and oxygen atoms in total. The van der Waals surface area contributed by atoms with Crippen molar-refractivity contribution < 1.29 is 0 Å². The third kappa shape index (κ3) is 2.33. The standard InChI is InChI=1S/C15H21N5/c1-3-16-12-6-5-7-13-11(12)10-17-15(19-13)14-8-9-18-20(14)4-2/h8-10,12,16H,3-7H2,1-2H3. The van der Waals surface area contributed by atoms with Crippen molar-refractivity contribution in [3.8, 4) is 11.5 Å². The van der Waals surface area contributed by atoms with Crippen molar-refractivity contribution in [2.45, 2.75) is 45.7 Å². The summed E-state index contributed by atoms with van der Waals surface area (Å²) in [5.74, 6) is 0.792. The van der Waals surface area contributed by atoms with Gasteiger partial charge < -0.3 is 5.32 Å². The van der Waals surface area contributed by atoms with Crippen molar-refractivity contribution in [2.24, 2.45) is 0 Å². The summed E-state index contributed by atoms with van der Waals surface area (Å²) in [4.78, 5) is 9.35. The first-order valence-corrected chi connectivity index (χ1v) is 7.44. The fourth-order valence-electron chi connectivity index (χ4n) is 2.90. The van der Waals surface area contributed by atoms with Crippen LogP contribution in [0.2, 0.25) is 0 Å². The first-order valence-electron chi connectivity index (χ1n) is 7.44. The van der Waals surface area contributed by atoms with Crippen LogP contribution < -0.4 is 5.32 Å². The zero-order valence-corrected chi connectivity index (χ0v) is 12.1. The van der Waals surface area contributed by atoms with Crippen LogP contribution in [0.15, 0.2) is 18.5 Å². The van der Waals surface area contributed by atoms with Crippen molar-refractivity contribution in [3.63, 3.8) is 0 Å². The highest BCUT2D eigenvalue weighted by Gasteiger charge is 2.22. The normalized spacial score (nSPS) is 18.0. The van der Waals surface area contributed by atoms with Crippen LogP contribution in [-0.4, -0.2) is 26.3 Å². The summed E-state index contributed by atoms with van der Waals surface area (Å²) in [6, 6.07) is 2.39. The lowest BCUT2D eigenvalue weighted by atomic mass is 9.92. The molecule has 0 amide bonds. The second-order valence-electron chi connectivity index (χ2n) is 5.13. The molecule has 0 radical (unpaired) electrons. The van der Waals surface area contributed by atoms with Gasteiger partial charge in [-0.3, -0.25) is 4.68 Å². The number of hydrogen-bond acceptors (Lipinski definition) is 4. The Hall–Kier alpha value is -1.75. The van der Waals surface area contributed by atoms with Gasteiger partial charge in [-0.15, -0.1) is 0 Å². The van der Waals surface area contributed by atoms with Gasteiger partial charge in [0.1, 0.15) is 5.69 Å². The highest BCUT2D eigenvalue weighted by molar-refractivity contribution is 5.50. The fraction of sp³-hybridized carbons (Fsp3) is 0.533. The maximum absolute atomic E-state index is 4.78. The van der Waals surface area contributed by atoms with Crippen LogP contribution in [0.4, 0.5) is 0 Å². The second-order valence-corrected chi connectivity index (χ2v) is 5.13. The topological polar surface area (TPSA) is 55.6 Å². The molecule has 1 N–H and O–H groups in total. The first-order chi connectivity index (χ1) is 9.83. The van der Waals surface area contributed by atoms with Gasteiger partial charge in [-0.1, -0.05) is 6.92 Å². The third-order valence-corrected chi connectivity index (χ3v) is 3.88. The Morgan fingerprint density at radius 2 is 2.30 bits per heavy atom. The van der Waals surface area contributed by atoms with Gasteiger partial charge in [0.2, 0.25) is 0 Å². The van der Waals surface area contributed by atoms with Crippen molar-refractivity contribution in [1.82, 2.24) is 25.1 Å². The highest BCUT2D eigenvalue weighted by Crippen LogP contribution is 2.29. The Balaban J connectivity index is 1.97. The number of rotatable bonds is 4. The molecule has 0 saturated carbocycles. The summed E-state index contributed by atoms with van der Waals surface area (Å²) in [6.45, 7) is 6.04. The summed E-state index contributed by atoms with van der Waals surface area (Å²) in [6.07, 6.45) is 7.22. The van der Waals surface area contributed by atoms with Crippen LogP contribution in [0.5, 0.6) is 0 Å². The van der Waals surface area contributed by atoms with Crippen molar-refractivity contribution >= 4 is 0 Å². The monoisotopic (exact) mass is 271 g/mol. The number of nitrogens with one attached hydrogen (secondary N) is 1. The van der Waals surface area contributed by atoms with E-state index in [1.807, 2.05) is 23.1 Å². The summed E-state index contributed by atoms with van der Waals surface area (Å²) >= 11 is 0. The molecule has 2 aromatic heterocycles. The van der Waals surface area contributed by atoms with E-state index >= 15 is 0 Å². The molecule has 0 fully saturated rings. The lowest BCUT2D eigenvalue weighted by Crippen LogP contribution is -2.26. The van der Waals surface area contributed by atoms with Gasteiger partial charge in [-0.05, 0) is 38.8 Å². The smallest absolute Gasteiger partial charge is 0.178 e. The Morgan fingerprint density at radius 1 is 1.40 bits per heavy atom. The molecule has 1 atom stereocenters. The highest BCUT2D eigenvalue weighted by atomic mass is 15.3. The van der Waals surface area contributed by atoms with Crippen LogP contribution in [0, 0.1) is 0 Å². The van der Waals surface area contributed by atoms with E-state index in [-0.39, 0.29) is 0 Å². The number of aromatic nitrogens is 4. The van der Waals surface area contributed by atoms with Crippen LogP contribution in [0.3, 0.4) is 0 Å². The Bertz CT molecular complexity index is 590. The number of hydrogen-bond donors (Lipinski definition) is 1. The summed E-state index contributed by atoms with van der Waals surface area (Å²) in [7, 11) is 0. The summed E-state index contributed by atoms with van der Waals surface area (Å²) in [5, 5.41) is 7.81. The maximum Gasteiger partial charge on any atom is 0.178 e. The molecule has 3 rings (SSSR count). The van der Waals surface area contributed by atoms with Crippen LogP contribution in [0.1, 0.15) is 44.0 Å². The van der Waals surface area contributed by atoms with Crippen molar-refractivity contribution in [1.29, 1.82) is 0 Å². The molecular formula is C15H21N5. The molecule has 0 saturated heterocycles. The molecule has 1 aliphatic carbocycles. The van der Waals surface area contributed by atoms with E-state index in [1.165, 1.54) is 24.1 Å². The minimum absolute atomic E-state index is 0.411. The zero-order chi connectivity index (χ0) is 13.9. The Morgan fingerprint density at radius 3 is 3.10 bits per heavy atom. The molecule has 0 spiro atoms. The molecule has 2 heterocycles. The fourth-order valence-corrected chi connectivity index (χ4v) is 2.90. The second kappa shape index (κ2) is 5.71. The number of fused-ring (bicyclic) bond motifs is 1. The molecule has 0 aromatic carbocycles. The lowest BCUT2D eigenvalue weighted by molar-refractivity contribution is 0.464. The van der Waals surface area contributed by atoms with Gasteiger partial charge >= 0.3 is 0 Å². The maximum atomic E-state index is 4.78.